The molecular formula is C21H30F3N7O4S2. The van der Waals surface area contributed by atoms with Crippen LogP contribution in [-0.4, -0.2) is 88.4 Å². The molecule has 0 aromatic carbocycles. The Kier molecular flexibility index (Phi) is 13.1. The number of hydrogen-bond donors (Lipinski definition) is 4. The zero-order valence-corrected chi connectivity index (χ0v) is 21.6. The van der Waals surface area contributed by atoms with Gasteiger partial charge < -0.3 is 30.9 Å². The van der Waals surface area contributed by atoms with Crippen LogP contribution in [0, 0.1) is 0 Å². The Morgan fingerprint density at radius 2 is 1.30 bits per heavy atom. The largest absolute Gasteiger partial charge is 0.490 e. The first-order chi connectivity index (χ1) is 17.7. The van der Waals surface area contributed by atoms with Gasteiger partial charge in [-0.25, -0.2) is 24.4 Å². The highest BCUT2D eigenvalue weighted by molar-refractivity contribution is 7.09. The van der Waals surface area contributed by atoms with Crippen LogP contribution < -0.4 is 16.0 Å². The number of amides is 4. The zero-order chi connectivity index (χ0) is 27.1. The van der Waals surface area contributed by atoms with E-state index in [1.54, 1.807) is 35.1 Å². The predicted octanol–water partition coefficient (Wildman–Crippen LogP) is 2.73. The SMILES string of the molecule is O=C(NCc1nccs1)N1CCCCC1.O=C(NCc1nccs1)N1CCNCC1.O=C(O)C(F)(F)F. The number of carboxylic acids is 1. The Morgan fingerprint density at radius 1 is 0.865 bits per heavy atom. The van der Waals surface area contributed by atoms with Gasteiger partial charge in [-0.15, -0.1) is 22.7 Å². The number of aliphatic carboxylic acids is 1. The van der Waals surface area contributed by atoms with E-state index in [9.17, 15) is 22.8 Å². The van der Waals surface area contributed by atoms with E-state index in [-0.39, 0.29) is 12.1 Å². The molecule has 206 valence electrons. The summed E-state index contributed by atoms with van der Waals surface area (Å²) in [6.07, 6.45) is 1.93. The van der Waals surface area contributed by atoms with Gasteiger partial charge in [0.05, 0.1) is 13.1 Å². The summed E-state index contributed by atoms with van der Waals surface area (Å²) >= 11 is 3.12. The van der Waals surface area contributed by atoms with Gasteiger partial charge in [-0.05, 0) is 19.3 Å². The molecule has 37 heavy (non-hydrogen) atoms. The third-order valence-corrected chi connectivity index (χ3v) is 6.60. The van der Waals surface area contributed by atoms with Crippen LogP contribution in [0.25, 0.3) is 0 Å². The lowest BCUT2D eigenvalue weighted by molar-refractivity contribution is -0.192. The fraction of sp³-hybridized carbons (Fsp3) is 0.571. The second kappa shape index (κ2) is 16.0. The number of piperazine rings is 1. The van der Waals surface area contributed by atoms with Gasteiger partial charge in [-0.2, -0.15) is 13.2 Å². The van der Waals surface area contributed by atoms with Crippen LogP contribution in [0.4, 0.5) is 22.8 Å². The van der Waals surface area contributed by atoms with E-state index in [4.69, 9.17) is 9.90 Å². The van der Waals surface area contributed by atoms with E-state index in [1.807, 2.05) is 20.6 Å². The van der Waals surface area contributed by atoms with Gasteiger partial charge in [-0.1, -0.05) is 0 Å². The molecule has 4 amide bonds. The Balaban J connectivity index is 0.000000210. The van der Waals surface area contributed by atoms with E-state index >= 15 is 0 Å². The molecule has 0 radical (unpaired) electrons. The second-order valence-electron chi connectivity index (χ2n) is 7.76. The number of hydrogen-bond acceptors (Lipinski definition) is 8. The minimum absolute atomic E-state index is 0.00620. The fourth-order valence-electron chi connectivity index (χ4n) is 3.17. The van der Waals surface area contributed by atoms with Crippen LogP contribution in [-0.2, 0) is 17.9 Å². The van der Waals surface area contributed by atoms with Crippen molar-refractivity contribution in [2.45, 2.75) is 38.5 Å². The predicted molar refractivity (Wildman–Crippen MR) is 132 cm³/mol. The minimum Gasteiger partial charge on any atom is -0.475 e. The molecule has 0 spiro atoms. The van der Waals surface area contributed by atoms with Crippen molar-refractivity contribution in [1.29, 1.82) is 0 Å². The van der Waals surface area contributed by atoms with Crippen molar-refractivity contribution < 1.29 is 32.7 Å². The molecule has 0 bridgehead atoms. The molecule has 4 N–H and O–H groups in total. The van der Waals surface area contributed by atoms with E-state index in [0.29, 0.717) is 13.1 Å². The number of carboxylic acid groups (broad SMARTS) is 1. The highest BCUT2D eigenvalue weighted by Crippen LogP contribution is 2.13. The molecule has 11 nitrogen and oxygen atoms in total. The first kappa shape index (κ1) is 30.2. The number of halogens is 3. The standard InChI is InChI=1S/C10H15N3OS.C9H14N4OS.C2HF3O2/c14-10(13-5-2-1-3-6-13)12-8-9-11-4-7-15-9;14-9(13-4-1-10-2-5-13)12-7-8-11-3-6-15-8;3-2(4,5)1(6)7/h4,7H,1-3,5-6,8H2,(H,12,14);3,6,10H,1-2,4-5,7H2,(H,12,14);(H,6,7). The van der Waals surface area contributed by atoms with Gasteiger partial charge in [0.2, 0.25) is 0 Å². The number of alkyl halides is 3. The molecule has 2 aromatic heterocycles. The average molecular weight is 566 g/mol. The maximum absolute atomic E-state index is 11.7. The monoisotopic (exact) mass is 565 g/mol. The molecular weight excluding hydrogens is 535 g/mol. The van der Waals surface area contributed by atoms with Crippen molar-refractivity contribution in [3.8, 4) is 0 Å². The summed E-state index contributed by atoms with van der Waals surface area (Å²) in [7, 11) is 0. The number of nitrogens with zero attached hydrogens (tertiary/aromatic N) is 4. The smallest absolute Gasteiger partial charge is 0.475 e. The van der Waals surface area contributed by atoms with Crippen molar-refractivity contribution in [2.24, 2.45) is 0 Å². The van der Waals surface area contributed by atoms with Crippen LogP contribution in [0.2, 0.25) is 0 Å². The lowest BCUT2D eigenvalue weighted by Crippen LogP contribution is -2.50. The number of likely N-dealkylation sites (tertiary alicyclic amines) is 1. The summed E-state index contributed by atoms with van der Waals surface area (Å²) in [5.41, 5.74) is 0. The van der Waals surface area contributed by atoms with Gasteiger partial charge in [0.15, 0.2) is 0 Å². The van der Waals surface area contributed by atoms with E-state index in [0.717, 1.165) is 62.1 Å². The van der Waals surface area contributed by atoms with Crippen molar-refractivity contribution in [1.82, 2.24) is 35.7 Å². The fourth-order valence-corrected chi connectivity index (χ4v) is 4.28. The lowest BCUT2D eigenvalue weighted by atomic mass is 10.1. The van der Waals surface area contributed by atoms with Crippen LogP contribution in [0.1, 0.15) is 29.3 Å². The van der Waals surface area contributed by atoms with Crippen molar-refractivity contribution in [2.75, 3.05) is 39.3 Å². The van der Waals surface area contributed by atoms with E-state index < -0.39 is 12.1 Å². The summed E-state index contributed by atoms with van der Waals surface area (Å²) < 4.78 is 31.7. The molecule has 0 atom stereocenters. The summed E-state index contributed by atoms with van der Waals surface area (Å²) in [5, 5.41) is 21.8. The lowest BCUT2D eigenvalue weighted by Gasteiger charge is -2.27. The second-order valence-corrected chi connectivity index (χ2v) is 9.72. The average Bonchev–Trinajstić information content (AvgIpc) is 3.62. The van der Waals surface area contributed by atoms with Gasteiger partial charge in [0.25, 0.3) is 0 Å². The molecule has 4 heterocycles. The number of aromatic nitrogens is 2. The third-order valence-electron chi connectivity index (χ3n) is 5.04. The van der Waals surface area contributed by atoms with Gasteiger partial charge in [0.1, 0.15) is 10.0 Å². The Labute approximate surface area is 220 Å². The molecule has 2 saturated heterocycles. The molecule has 4 rings (SSSR count). The van der Waals surface area contributed by atoms with Gasteiger partial charge in [0, 0.05) is 62.4 Å². The van der Waals surface area contributed by atoms with Gasteiger partial charge in [-0.3, -0.25) is 0 Å². The number of rotatable bonds is 4. The number of piperidine rings is 1. The van der Waals surface area contributed by atoms with Crippen LogP contribution in [0.3, 0.4) is 0 Å². The third kappa shape index (κ3) is 12.2. The van der Waals surface area contributed by atoms with Crippen LogP contribution in [0.5, 0.6) is 0 Å². The molecule has 2 aromatic rings. The number of carbonyl (C=O) groups excluding carboxylic acids is 2. The molecule has 2 fully saturated rings. The summed E-state index contributed by atoms with van der Waals surface area (Å²) in [4.78, 5) is 44.2. The molecule has 0 aliphatic carbocycles. The number of thiazole rings is 2. The van der Waals surface area contributed by atoms with E-state index in [1.165, 1.54) is 6.42 Å². The summed E-state index contributed by atoms with van der Waals surface area (Å²) in [5.74, 6) is -2.76. The normalized spacial score (nSPS) is 15.4. The van der Waals surface area contributed by atoms with Crippen molar-refractivity contribution >= 4 is 40.7 Å². The minimum atomic E-state index is -5.08. The Bertz CT molecular complexity index is 870. The quantitative estimate of drug-likeness (QED) is 0.447. The Morgan fingerprint density at radius 3 is 1.68 bits per heavy atom. The zero-order valence-electron chi connectivity index (χ0n) is 20.0. The first-order valence-corrected chi connectivity index (χ1v) is 13.3. The topological polar surface area (TPSA) is 140 Å². The molecule has 2 aliphatic heterocycles. The van der Waals surface area contributed by atoms with Crippen molar-refractivity contribution in [3.05, 3.63) is 33.2 Å². The maximum Gasteiger partial charge on any atom is 0.490 e. The van der Waals surface area contributed by atoms with Crippen molar-refractivity contribution in [3.63, 3.8) is 0 Å². The summed E-state index contributed by atoms with van der Waals surface area (Å²) in [6, 6.07) is 0.0524. The Hall–Kier alpha value is -2.98. The molecule has 0 saturated carbocycles. The maximum atomic E-state index is 11.7. The van der Waals surface area contributed by atoms with Crippen LogP contribution >= 0.6 is 22.7 Å². The van der Waals surface area contributed by atoms with Gasteiger partial charge >= 0.3 is 24.2 Å². The molecule has 0 unspecified atom stereocenters. The number of carbonyl (C=O) groups is 3. The molecule has 16 heteroatoms. The highest BCUT2D eigenvalue weighted by atomic mass is 32.1. The van der Waals surface area contributed by atoms with E-state index in [2.05, 4.69) is 25.9 Å². The van der Waals surface area contributed by atoms with Crippen LogP contribution in [0.15, 0.2) is 23.2 Å². The highest BCUT2D eigenvalue weighted by Gasteiger charge is 2.38. The number of urea groups is 2. The summed E-state index contributed by atoms with van der Waals surface area (Å²) in [6.45, 7) is 6.18. The number of nitrogens with one attached hydrogen (secondary N) is 3. The first-order valence-electron chi connectivity index (χ1n) is 11.5. The molecule has 2 aliphatic rings.